The Kier molecular flexibility index (Phi) is 8.60. The van der Waals surface area contributed by atoms with Gasteiger partial charge in [-0.3, -0.25) is 14.9 Å². The molecule has 4 rings (SSSR count). The highest BCUT2D eigenvalue weighted by molar-refractivity contribution is 5.93. The number of hydrogen-bond donors (Lipinski definition) is 1. The minimum atomic E-state index is -0.719. The fraction of sp³-hybridized carbons (Fsp3) is 0.844. The van der Waals surface area contributed by atoms with Gasteiger partial charge in [0.05, 0.1) is 12.0 Å². The lowest BCUT2D eigenvalue weighted by Crippen LogP contribution is -2.63. The fourth-order valence-corrected chi connectivity index (χ4v) is 9.16. The number of nitrogens with zero attached hydrogens (tertiary/aromatic N) is 1. The second-order valence-corrected chi connectivity index (χ2v) is 13.9. The molecule has 7 heteroatoms. The van der Waals surface area contributed by atoms with E-state index < -0.39 is 23.0 Å². The van der Waals surface area contributed by atoms with Crippen molar-refractivity contribution in [3.8, 4) is 12.3 Å². The van der Waals surface area contributed by atoms with Gasteiger partial charge in [-0.25, -0.2) is 4.79 Å². The van der Waals surface area contributed by atoms with Crippen LogP contribution >= 0.6 is 0 Å². The first-order valence-electron chi connectivity index (χ1n) is 15.0. The van der Waals surface area contributed by atoms with Crippen molar-refractivity contribution in [2.45, 2.75) is 98.2 Å². The number of likely N-dealkylation sites (tertiary alicyclic amines) is 1. The van der Waals surface area contributed by atoms with Crippen LogP contribution in [0.3, 0.4) is 0 Å². The molecule has 10 atom stereocenters. The number of imide groups is 1. The third-order valence-corrected chi connectivity index (χ3v) is 11.9. The van der Waals surface area contributed by atoms with Gasteiger partial charge in [0.2, 0.25) is 5.91 Å². The fourth-order valence-electron chi connectivity index (χ4n) is 9.16. The van der Waals surface area contributed by atoms with Crippen molar-refractivity contribution in [1.82, 2.24) is 10.2 Å². The molecule has 3 saturated carbocycles. The molecule has 0 spiro atoms. The molecule has 0 aromatic carbocycles. The van der Waals surface area contributed by atoms with Gasteiger partial charge < -0.3 is 14.4 Å². The average Bonchev–Trinajstić information content (AvgIpc) is 3.30. The van der Waals surface area contributed by atoms with E-state index >= 15 is 0 Å². The molecule has 7 nitrogen and oxygen atoms in total. The number of hydrogen-bond acceptors (Lipinski definition) is 6. The molecule has 0 aromatic rings. The number of methoxy groups -OCH3 is 1. The average molecular weight is 543 g/mol. The number of carbonyl (C=O) groups is 3. The lowest BCUT2D eigenvalue weighted by atomic mass is 9.43. The van der Waals surface area contributed by atoms with Crippen LogP contribution in [0.4, 0.5) is 4.79 Å². The summed E-state index contributed by atoms with van der Waals surface area (Å²) in [5, 5.41) is 2.59. The molecule has 0 radical (unpaired) electrons. The first-order chi connectivity index (χ1) is 18.3. The predicted octanol–water partition coefficient (Wildman–Crippen LogP) is 5.07. The van der Waals surface area contributed by atoms with Crippen molar-refractivity contribution >= 4 is 17.8 Å². The molecule has 39 heavy (non-hydrogen) atoms. The van der Waals surface area contributed by atoms with Crippen LogP contribution < -0.4 is 5.32 Å². The molecule has 1 N–H and O–H groups in total. The molecule has 0 aromatic heterocycles. The lowest BCUT2D eigenvalue weighted by molar-refractivity contribution is -0.192. The Labute approximate surface area is 235 Å². The Hall–Kier alpha value is -1.91. The SMILES string of the molecule is C#CCC[C@]1(C)C[C@@H](OC(=O)NC(=O)[C@H]2CN(C)CC[C@@H]2C)[C@@]2(C)C3[C@H](OC)CCC3(CC[C@H]2C)[C@@H](C)C1=O. The van der Waals surface area contributed by atoms with Gasteiger partial charge in [-0.05, 0) is 75.8 Å². The minimum Gasteiger partial charge on any atom is -0.445 e. The van der Waals surface area contributed by atoms with E-state index in [1.165, 1.54) is 0 Å². The van der Waals surface area contributed by atoms with Crippen LogP contribution in [0.15, 0.2) is 0 Å². The molecule has 218 valence electrons. The summed E-state index contributed by atoms with van der Waals surface area (Å²) < 4.78 is 12.4. The lowest BCUT2D eigenvalue weighted by Gasteiger charge is -2.61. The standard InChI is InChI=1S/C32H50N2O5/c1-9-10-14-30(5)18-25(39-29(37)33-28(36)23-19-34(7)17-13-20(23)2)31(6)21(3)11-15-32(22(4)27(30)35)16-12-24(38-8)26(31)32/h1,20-26H,10-19H2,2-8H3,(H,33,36,37)/t20-,21+,22-,23-,24+,25+,26?,30+,31-,32?/m0/s1. The van der Waals surface area contributed by atoms with Crippen LogP contribution in [0.25, 0.3) is 0 Å². The predicted molar refractivity (Wildman–Crippen MR) is 151 cm³/mol. The molecule has 3 aliphatic carbocycles. The molecule has 1 aliphatic heterocycles. The van der Waals surface area contributed by atoms with Crippen LogP contribution in [0.2, 0.25) is 0 Å². The number of ketones is 1. The molecule has 2 bridgehead atoms. The number of alkyl carbamates (subject to hydrolysis) is 1. The van der Waals surface area contributed by atoms with Gasteiger partial charge in [-0.1, -0.05) is 34.6 Å². The Morgan fingerprint density at radius 3 is 2.51 bits per heavy atom. The Bertz CT molecular complexity index is 1010. The number of nitrogens with one attached hydrogen (secondary N) is 1. The maximum Gasteiger partial charge on any atom is 0.414 e. The van der Waals surface area contributed by atoms with Gasteiger partial charge in [0.25, 0.3) is 0 Å². The van der Waals surface area contributed by atoms with Gasteiger partial charge in [0.1, 0.15) is 11.9 Å². The highest BCUT2D eigenvalue weighted by Gasteiger charge is 2.68. The van der Waals surface area contributed by atoms with E-state index in [0.717, 1.165) is 38.6 Å². The highest BCUT2D eigenvalue weighted by atomic mass is 16.6. The van der Waals surface area contributed by atoms with Crippen LogP contribution in [-0.2, 0) is 19.1 Å². The minimum absolute atomic E-state index is 0.00233. The topological polar surface area (TPSA) is 84.9 Å². The van der Waals surface area contributed by atoms with Crippen LogP contribution in [0.5, 0.6) is 0 Å². The number of amides is 2. The van der Waals surface area contributed by atoms with Gasteiger partial charge in [0, 0.05) is 42.7 Å². The van der Waals surface area contributed by atoms with E-state index in [9.17, 15) is 14.4 Å². The summed E-state index contributed by atoms with van der Waals surface area (Å²) in [6.07, 6.45) is 10.5. The Morgan fingerprint density at radius 2 is 1.85 bits per heavy atom. The third-order valence-electron chi connectivity index (χ3n) is 11.9. The summed E-state index contributed by atoms with van der Waals surface area (Å²) in [4.78, 5) is 43.1. The number of terminal acetylenes is 1. The monoisotopic (exact) mass is 542 g/mol. The molecule has 4 aliphatic rings. The van der Waals surface area contributed by atoms with E-state index in [0.29, 0.717) is 25.8 Å². The van der Waals surface area contributed by atoms with Gasteiger partial charge in [-0.2, -0.15) is 0 Å². The number of rotatable bonds is 5. The zero-order valence-electron chi connectivity index (χ0n) is 25.2. The third kappa shape index (κ3) is 5.05. The summed E-state index contributed by atoms with van der Waals surface area (Å²) >= 11 is 0. The number of Topliss-reactive ketones (excluding diaryl/α,β-unsaturated/α-hetero) is 1. The maximum atomic E-state index is 14.3. The number of ether oxygens (including phenoxy) is 2. The maximum absolute atomic E-state index is 14.3. The van der Waals surface area contributed by atoms with Crippen LogP contribution in [0, 0.1) is 58.2 Å². The van der Waals surface area contributed by atoms with Crippen LogP contribution in [0.1, 0.15) is 86.0 Å². The number of piperidine rings is 1. The number of carbonyl (C=O) groups excluding carboxylic acids is 3. The van der Waals surface area contributed by atoms with Crippen molar-refractivity contribution in [2.75, 3.05) is 27.2 Å². The van der Waals surface area contributed by atoms with E-state index in [-0.39, 0.29) is 52.8 Å². The molecule has 4 fully saturated rings. The second-order valence-electron chi connectivity index (χ2n) is 13.9. The molecule has 2 amide bonds. The van der Waals surface area contributed by atoms with Crippen molar-refractivity contribution in [1.29, 1.82) is 0 Å². The van der Waals surface area contributed by atoms with E-state index in [4.69, 9.17) is 15.9 Å². The molecule has 1 saturated heterocycles. The first-order valence-corrected chi connectivity index (χ1v) is 15.0. The van der Waals surface area contributed by atoms with E-state index in [2.05, 4.69) is 43.8 Å². The van der Waals surface area contributed by atoms with Crippen molar-refractivity contribution in [3.63, 3.8) is 0 Å². The van der Waals surface area contributed by atoms with E-state index in [1.54, 1.807) is 7.11 Å². The molecular formula is C32H50N2O5. The van der Waals surface area contributed by atoms with Crippen molar-refractivity contribution < 1.29 is 23.9 Å². The summed E-state index contributed by atoms with van der Waals surface area (Å²) in [5.41, 5.74) is -1.34. The van der Waals surface area contributed by atoms with E-state index in [1.807, 2.05) is 14.0 Å². The van der Waals surface area contributed by atoms with Gasteiger partial charge in [0.15, 0.2) is 0 Å². The zero-order chi connectivity index (χ0) is 28.8. The summed E-state index contributed by atoms with van der Waals surface area (Å²) in [6.45, 7) is 12.3. The van der Waals surface area contributed by atoms with Gasteiger partial charge in [-0.15, -0.1) is 12.3 Å². The quantitative estimate of drug-likeness (QED) is 0.488. The smallest absolute Gasteiger partial charge is 0.414 e. The highest BCUT2D eigenvalue weighted by Crippen LogP contribution is 2.69. The van der Waals surface area contributed by atoms with Gasteiger partial charge >= 0.3 is 6.09 Å². The summed E-state index contributed by atoms with van der Waals surface area (Å²) in [7, 11) is 3.76. The normalized spacial score (nSPS) is 44.5. The molecule has 2 unspecified atom stereocenters. The Balaban J connectivity index is 1.70. The summed E-state index contributed by atoms with van der Waals surface area (Å²) in [6, 6.07) is 0. The first kappa shape index (κ1) is 30.1. The second kappa shape index (κ2) is 11.2. The van der Waals surface area contributed by atoms with Crippen LogP contribution in [-0.4, -0.2) is 62.1 Å². The largest absolute Gasteiger partial charge is 0.445 e. The van der Waals surface area contributed by atoms with Crippen molar-refractivity contribution in [2.24, 2.45) is 45.8 Å². The molecule has 1 heterocycles. The Morgan fingerprint density at radius 1 is 1.15 bits per heavy atom. The summed E-state index contributed by atoms with van der Waals surface area (Å²) in [5.74, 6) is 2.80. The molecular weight excluding hydrogens is 492 g/mol. The zero-order valence-corrected chi connectivity index (χ0v) is 25.2. The van der Waals surface area contributed by atoms with Crippen molar-refractivity contribution in [3.05, 3.63) is 0 Å².